The van der Waals surface area contributed by atoms with Gasteiger partial charge in [-0.25, -0.2) is 4.79 Å². The van der Waals surface area contributed by atoms with Gasteiger partial charge in [-0.15, -0.1) is 0 Å². The van der Waals surface area contributed by atoms with Crippen LogP contribution in [-0.2, 0) is 23.8 Å². The average molecular weight is 380 g/mol. The molecular formula is C21H32O6. The van der Waals surface area contributed by atoms with Gasteiger partial charge in [0.05, 0.1) is 17.3 Å². The molecule has 27 heavy (non-hydrogen) atoms. The molecule has 1 saturated heterocycles. The Kier molecular flexibility index (Phi) is 5.19. The molecule has 2 aliphatic carbocycles. The maximum Gasteiger partial charge on any atom is 0.333 e. The molecule has 0 radical (unpaired) electrons. The fourth-order valence-electron chi connectivity index (χ4n) is 4.82. The number of fused-ring (bicyclic) bond motifs is 2. The van der Waals surface area contributed by atoms with E-state index in [1.807, 2.05) is 6.92 Å². The maximum absolute atomic E-state index is 13.0. The summed E-state index contributed by atoms with van der Waals surface area (Å²) in [6, 6.07) is 0. The van der Waals surface area contributed by atoms with Crippen molar-refractivity contribution in [1.29, 1.82) is 0 Å². The van der Waals surface area contributed by atoms with E-state index < -0.39 is 40.9 Å². The molecule has 1 aliphatic heterocycles. The lowest BCUT2D eigenvalue weighted by molar-refractivity contribution is -0.209. The number of ether oxygens (including phenoxy) is 3. The zero-order valence-electron chi connectivity index (χ0n) is 16.9. The Morgan fingerprint density at radius 1 is 1.33 bits per heavy atom. The third-order valence-corrected chi connectivity index (χ3v) is 6.76. The van der Waals surface area contributed by atoms with Gasteiger partial charge in [-0.05, 0) is 53.4 Å². The van der Waals surface area contributed by atoms with Crippen molar-refractivity contribution in [3.63, 3.8) is 0 Å². The summed E-state index contributed by atoms with van der Waals surface area (Å²) in [5, 5.41) is 10.4. The summed E-state index contributed by atoms with van der Waals surface area (Å²) >= 11 is 0. The first-order chi connectivity index (χ1) is 12.5. The predicted octanol–water partition coefficient (Wildman–Crippen LogP) is 3.06. The van der Waals surface area contributed by atoms with Crippen LogP contribution >= 0.6 is 0 Å². The topological polar surface area (TPSA) is 82.1 Å². The van der Waals surface area contributed by atoms with Crippen molar-refractivity contribution >= 4 is 11.9 Å². The van der Waals surface area contributed by atoms with Crippen LogP contribution in [0.25, 0.3) is 0 Å². The quantitative estimate of drug-likeness (QED) is 0.563. The van der Waals surface area contributed by atoms with Gasteiger partial charge in [0.15, 0.2) is 0 Å². The molecule has 2 bridgehead atoms. The highest BCUT2D eigenvalue weighted by Gasteiger charge is 2.67. The minimum Gasteiger partial charge on any atom is -0.458 e. The molecule has 3 aliphatic rings. The largest absolute Gasteiger partial charge is 0.458 e. The molecule has 1 N–H and O–H groups in total. The second-order valence-corrected chi connectivity index (χ2v) is 9.11. The Bertz CT molecular complexity index is 627. The van der Waals surface area contributed by atoms with Gasteiger partial charge in [0.2, 0.25) is 0 Å². The number of esters is 2. The fraction of sp³-hybridized carbons (Fsp3) is 0.810. The van der Waals surface area contributed by atoms with Crippen LogP contribution in [0.15, 0.2) is 12.2 Å². The molecule has 4 unspecified atom stereocenters. The number of carbonyl (C=O) groups excluding carboxylic acids is 2. The Balaban J connectivity index is 1.84. The molecule has 4 atom stereocenters. The van der Waals surface area contributed by atoms with Gasteiger partial charge in [0.25, 0.3) is 0 Å². The highest BCUT2D eigenvalue weighted by Crippen LogP contribution is 2.59. The second-order valence-electron chi connectivity index (χ2n) is 9.11. The highest BCUT2D eigenvalue weighted by atomic mass is 16.6. The van der Waals surface area contributed by atoms with Crippen molar-refractivity contribution in [3.8, 4) is 0 Å². The van der Waals surface area contributed by atoms with Crippen molar-refractivity contribution in [1.82, 2.24) is 0 Å². The number of carbonyl (C=O) groups is 2. The van der Waals surface area contributed by atoms with Crippen LogP contribution in [0.1, 0.15) is 72.6 Å². The van der Waals surface area contributed by atoms with Gasteiger partial charge < -0.3 is 19.3 Å². The molecular weight excluding hydrogens is 348 g/mol. The third-order valence-electron chi connectivity index (χ3n) is 6.76. The average Bonchev–Trinajstić information content (AvgIpc) is 3.14. The molecule has 3 fully saturated rings. The molecule has 0 spiro atoms. The van der Waals surface area contributed by atoms with E-state index >= 15 is 0 Å². The molecule has 152 valence electrons. The lowest BCUT2D eigenvalue weighted by Crippen LogP contribution is -2.56. The van der Waals surface area contributed by atoms with Crippen LogP contribution in [0.2, 0.25) is 0 Å². The smallest absolute Gasteiger partial charge is 0.333 e. The molecule has 2 saturated carbocycles. The van der Waals surface area contributed by atoms with Gasteiger partial charge in [0.1, 0.15) is 17.6 Å². The van der Waals surface area contributed by atoms with E-state index in [0.717, 1.165) is 25.7 Å². The van der Waals surface area contributed by atoms with Gasteiger partial charge in [-0.3, -0.25) is 4.79 Å². The SMILES string of the molecule is C=C(C)C(=O)OC1CCC2(C3(OC(C)C(C)(C)O)CCCC3)CC1OC2=O. The number of hydrogen-bond donors (Lipinski definition) is 1. The van der Waals surface area contributed by atoms with Gasteiger partial charge in [-0.1, -0.05) is 19.4 Å². The van der Waals surface area contributed by atoms with E-state index in [4.69, 9.17) is 14.2 Å². The van der Waals surface area contributed by atoms with Crippen LogP contribution in [0.5, 0.6) is 0 Å². The molecule has 0 aromatic rings. The molecule has 0 aromatic carbocycles. The van der Waals surface area contributed by atoms with Crippen LogP contribution in [0.3, 0.4) is 0 Å². The molecule has 0 amide bonds. The van der Waals surface area contributed by atoms with Crippen molar-refractivity contribution in [2.45, 2.75) is 102 Å². The summed E-state index contributed by atoms with van der Waals surface area (Å²) in [5.41, 5.74) is -2.00. The first kappa shape index (κ1) is 20.3. The van der Waals surface area contributed by atoms with E-state index in [2.05, 4.69) is 6.58 Å². The first-order valence-corrected chi connectivity index (χ1v) is 9.98. The Hall–Kier alpha value is -1.40. The van der Waals surface area contributed by atoms with Crippen molar-refractivity contribution in [2.24, 2.45) is 5.41 Å². The van der Waals surface area contributed by atoms with Crippen LogP contribution < -0.4 is 0 Å². The summed E-state index contributed by atoms with van der Waals surface area (Å²) in [6.07, 6.45) is 3.91. The monoisotopic (exact) mass is 380 g/mol. The van der Waals surface area contributed by atoms with E-state index in [-0.39, 0.29) is 5.97 Å². The zero-order chi connectivity index (χ0) is 20.0. The highest BCUT2D eigenvalue weighted by molar-refractivity contribution is 5.87. The normalized spacial score (nSPS) is 33.4. The van der Waals surface area contributed by atoms with E-state index in [0.29, 0.717) is 24.8 Å². The lowest BCUT2D eigenvalue weighted by atomic mass is 9.62. The number of aliphatic hydroxyl groups is 1. The lowest BCUT2D eigenvalue weighted by Gasteiger charge is -2.48. The van der Waals surface area contributed by atoms with Crippen molar-refractivity contribution in [3.05, 3.63) is 12.2 Å². The van der Waals surface area contributed by atoms with Gasteiger partial charge in [0, 0.05) is 12.0 Å². The van der Waals surface area contributed by atoms with E-state index in [1.165, 1.54) is 0 Å². The standard InChI is InChI=1S/C21H32O6/c1-13(2)17(22)25-15-8-11-20(12-16(15)26-18(20)23)21(9-6-7-10-21)27-14(3)19(4,5)24/h14-16,24H,1,6-12H2,2-5H3. The van der Waals surface area contributed by atoms with Crippen molar-refractivity contribution < 1.29 is 28.9 Å². The summed E-state index contributed by atoms with van der Waals surface area (Å²) in [4.78, 5) is 25.0. The fourth-order valence-corrected chi connectivity index (χ4v) is 4.82. The minimum atomic E-state index is -0.998. The van der Waals surface area contributed by atoms with E-state index in [9.17, 15) is 14.7 Å². The third kappa shape index (κ3) is 3.42. The first-order valence-electron chi connectivity index (χ1n) is 9.98. The van der Waals surface area contributed by atoms with Gasteiger partial charge in [-0.2, -0.15) is 0 Å². The molecule has 6 heteroatoms. The Labute approximate surface area is 161 Å². The summed E-state index contributed by atoms with van der Waals surface area (Å²) in [7, 11) is 0. The van der Waals surface area contributed by atoms with Crippen molar-refractivity contribution in [2.75, 3.05) is 0 Å². The molecule has 3 rings (SSSR count). The van der Waals surface area contributed by atoms with Gasteiger partial charge >= 0.3 is 11.9 Å². The Morgan fingerprint density at radius 2 is 1.96 bits per heavy atom. The Morgan fingerprint density at radius 3 is 2.52 bits per heavy atom. The van der Waals surface area contributed by atoms with Crippen LogP contribution in [0.4, 0.5) is 0 Å². The minimum absolute atomic E-state index is 0.244. The second kappa shape index (κ2) is 6.89. The summed E-state index contributed by atoms with van der Waals surface area (Å²) < 4.78 is 17.7. The number of hydrogen-bond acceptors (Lipinski definition) is 6. The zero-order valence-corrected chi connectivity index (χ0v) is 16.9. The maximum atomic E-state index is 13.0. The molecule has 6 nitrogen and oxygen atoms in total. The van der Waals surface area contributed by atoms with E-state index in [1.54, 1.807) is 20.8 Å². The molecule has 1 heterocycles. The summed E-state index contributed by atoms with van der Waals surface area (Å²) in [6.45, 7) is 10.5. The predicted molar refractivity (Wildman–Crippen MR) is 98.9 cm³/mol. The number of rotatable bonds is 6. The van der Waals surface area contributed by atoms with Crippen LogP contribution in [0, 0.1) is 5.41 Å². The molecule has 0 aromatic heterocycles. The van der Waals surface area contributed by atoms with Crippen LogP contribution in [-0.4, -0.2) is 46.6 Å². The summed E-state index contributed by atoms with van der Waals surface area (Å²) in [5.74, 6) is -0.691.